The van der Waals surface area contributed by atoms with Crippen LogP contribution in [0.25, 0.3) is 10.9 Å². The lowest BCUT2D eigenvalue weighted by atomic mass is 9.71. The van der Waals surface area contributed by atoms with Crippen LogP contribution in [-0.2, 0) is 19.4 Å². The predicted octanol–water partition coefficient (Wildman–Crippen LogP) is 2.94. The maximum Gasteiger partial charge on any atom is 0.271 e. The van der Waals surface area contributed by atoms with E-state index in [1.54, 1.807) is 0 Å². The number of nitrogens with zero attached hydrogens (tertiary/aromatic N) is 1. The number of carbonyl (C=O) groups is 3. The minimum Gasteiger partial charge on any atom is -0.356 e. The molecule has 1 aromatic carbocycles. The second kappa shape index (κ2) is 10.4. The van der Waals surface area contributed by atoms with Gasteiger partial charge in [0.05, 0.1) is 17.5 Å². The fourth-order valence-corrected chi connectivity index (χ4v) is 6.51. The Morgan fingerprint density at radius 1 is 1.20 bits per heavy atom. The minimum atomic E-state index is -4.32. The molecule has 0 unspecified atom stereocenters. The van der Waals surface area contributed by atoms with Gasteiger partial charge in [-0.25, -0.2) is 26.0 Å². The van der Waals surface area contributed by atoms with E-state index in [9.17, 15) is 36.0 Å². The second-order valence-electron chi connectivity index (χ2n) is 10.8. The lowest BCUT2D eigenvalue weighted by Crippen LogP contribution is -2.68. The molecule has 1 aromatic heterocycles. The standard InChI is InChI=1S/C26H27F5N4O5S/c1-41(39,40)20(29)9-13(8-12-6-7-32-23(12)36)33-24(37)22-16-3-2-14(11-26(16,30)31)35(22)25(38)19-10-15-17(27)4-5-18(28)21(15)34-19/h4-5,9-10,12-14,16,22,34H,2-3,6-8,11H2,1H3,(H,32,36)(H,33,37)/b20-9+/t12-,13-,14+,16+,22-/m0/s1. The lowest BCUT2D eigenvalue weighted by Gasteiger charge is -2.53. The third-order valence-corrected chi connectivity index (χ3v) is 8.92. The van der Waals surface area contributed by atoms with Gasteiger partial charge in [-0.05, 0) is 50.0 Å². The maximum absolute atomic E-state index is 15.1. The fraction of sp³-hybridized carbons (Fsp3) is 0.500. The summed E-state index contributed by atoms with van der Waals surface area (Å²) in [5, 5.41) is 3.14. The number of benzene rings is 1. The molecule has 3 aliphatic heterocycles. The third kappa shape index (κ3) is 5.43. The van der Waals surface area contributed by atoms with Crippen LogP contribution >= 0.6 is 0 Å². The van der Waals surface area contributed by atoms with E-state index in [0.29, 0.717) is 25.3 Å². The van der Waals surface area contributed by atoms with Gasteiger partial charge in [0.25, 0.3) is 11.8 Å². The van der Waals surface area contributed by atoms with Gasteiger partial charge in [0, 0.05) is 36.6 Å². The highest BCUT2D eigenvalue weighted by molar-refractivity contribution is 7.94. The SMILES string of the molecule is CS(=O)(=O)/C(F)=C/[C@H](C[C@@H]1CCNC1=O)NC(=O)[C@@H]1[C@H]2CC[C@H](CC2(F)F)N1C(=O)c1cc2c(F)ccc(F)c2[nH]1. The monoisotopic (exact) mass is 602 g/mol. The average Bonchev–Trinajstić information content (AvgIpc) is 3.52. The topological polar surface area (TPSA) is 128 Å². The molecular formula is C26H27F5N4O5S. The number of nitrogens with one attached hydrogen (secondary N) is 3. The first-order valence-corrected chi connectivity index (χ1v) is 14.9. The number of piperidine rings is 2. The first-order valence-electron chi connectivity index (χ1n) is 13.0. The molecule has 2 aromatic rings. The van der Waals surface area contributed by atoms with Crippen LogP contribution in [0.4, 0.5) is 22.0 Å². The molecule has 3 saturated heterocycles. The molecule has 0 spiro atoms. The molecule has 4 heterocycles. The van der Waals surface area contributed by atoms with E-state index < -0.39 is 86.7 Å². The Labute approximate surface area is 231 Å². The summed E-state index contributed by atoms with van der Waals surface area (Å²) in [5.74, 6) is -9.77. The molecule has 15 heteroatoms. The van der Waals surface area contributed by atoms with Crippen LogP contribution in [0.1, 0.15) is 42.6 Å². The van der Waals surface area contributed by atoms with Crippen molar-refractivity contribution >= 4 is 38.5 Å². The Hall–Kier alpha value is -3.49. The molecule has 6 rings (SSSR count). The normalized spacial score (nSPS) is 26.7. The highest BCUT2D eigenvalue weighted by atomic mass is 32.2. The lowest BCUT2D eigenvalue weighted by molar-refractivity contribution is -0.179. The number of hydrogen-bond acceptors (Lipinski definition) is 5. The summed E-state index contributed by atoms with van der Waals surface area (Å²) in [5.41, 5.74) is -0.627. The summed E-state index contributed by atoms with van der Waals surface area (Å²) in [4.78, 5) is 42.8. The van der Waals surface area contributed by atoms with Crippen molar-refractivity contribution in [1.82, 2.24) is 20.5 Å². The zero-order valence-corrected chi connectivity index (χ0v) is 22.5. The number of amides is 3. The zero-order chi connectivity index (χ0) is 29.9. The number of H-pyrrole nitrogens is 1. The Kier molecular flexibility index (Phi) is 7.37. The number of fused-ring (bicyclic) bond motifs is 4. The number of carbonyl (C=O) groups excluding carboxylic acids is 3. The fourth-order valence-electron chi connectivity index (χ4n) is 6.10. The Morgan fingerprint density at radius 3 is 2.51 bits per heavy atom. The van der Waals surface area contributed by atoms with Gasteiger partial charge in [-0.1, -0.05) is 0 Å². The van der Waals surface area contributed by atoms with Crippen molar-refractivity contribution in [3.8, 4) is 0 Å². The van der Waals surface area contributed by atoms with Crippen LogP contribution in [0, 0.1) is 23.5 Å². The molecule has 9 nitrogen and oxygen atoms in total. The van der Waals surface area contributed by atoms with Crippen LogP contribution in [0.3, 0.4) is 0 Å². The summed E-state index contributed by atoms with van der Waals surface area (Å²) in [6.07, 6.45) is 0.618. The highest BCUT2D eigenvalue weighted by Gasteiger charge is 2.60. The van der Waals surface area contributed by atoms with E-state index in [0.717, 1.165) is 23.1 Å². The van der Waals surface area contributed by atoms with E-state index in [1.807, 2.05) is 0 Å². The molecule has 3 amide bonds. The van der Waals surface area contributed by atoms with Crippen molar-refractivity contribution < 1.29 is 44.8 Å². The summed E-state index contributed by atoms with van der Waals surface area (Å²) in [6.45, 7) is 0.314. The van der Waals surface area contributed by atoms with E-state index in [2.05, 4.69) is 15.6 Å². The smallest absolute Gasteiger partial charge is 0.271 e. The molecule has 3 N–H and O–H groups in total. The van der Waals surface area contributed by atoms with Gasteiger partial charge >= 0.3 is 0 Å². The van der Waals surface area contributed by atoms with Crippen molar-refractivity contribution in [3.63, 3.8) is 0 Å². The highest BCUT2D eigenvalue weighted by Crippen LogP contribution is 2.49. The number of aromatic nitrogens is 1. The third-order valence-electron chi connectivity index (χ3n) is 8.07. The molecule has 4 aliphatic rings. The van der Waals surface area contributed by atoms with Crippen molar-refractivity contribution in [1.29, 1.82) is 0 Å². The van der Waals surface area contributed by atoms with E-state index in [4.69, 9.17) is 0 Å². The zero-order valence-electron chi connectivity index (χ0n) is 21.7. The van der Waals surface area contributed by atoms with Crippen LogP contribution in [0.5, 0.6) is 0 Å². The first-order chi connectivity index (χ1) is 19.2. The van der Waals surface area contributed by atoms with Crippen LogP contribution in [-0.4, -0.2) is 72.9 Å². The van der Waals surface area contributed by atoms with Crippen LogP contribution < -0.4 is 10.6 Å². The van der Waals surface area contributed by atoms with Gasteiger partial charge in [0.2, 0.25) is 26.8 Å². The first kappa shape index (κ1) is 29.0. The molecule has 1 aliphatic carbocycles. The van der Waals surface area contributed by atoms with Gasteiger partial charge < -0.3 is 20.5 Å². The molecule has 5 atom stereocenters. The largest absolute Gasteiger partial charge is 0.356 e. The van der Waals surface area contributed by atoms with Crippen LogP contribution in [0.2, 0.25) is 0 Å². The van der Waals surface area contributed by atoms with E-state index >= 15 is 8.78 Å². The van der Waals surface area contributed by atoms with E-state index in [1.165, 1.54) is 0 Å². The Bertz CT molecular complexity index is 1520. The van der Waals surface area contributed by atoms with Crippen molar-refractivity contribution in [3.05, 3.63) is 46.8 Å². The van der Waals surface area contributed by atoms with Gasteiger partial charge in [-0.15, -0.1) is 0 Å². The van der Waals surface area contributed by atoms with E-state index in [-0.39, 0.29) is 35.9 Å². The Morgan fingerprint density at radius 2 is 1.90 bits per heavy atom. The van der Waals surface area contributed by atoms with Gasteiger partial charge in [0.1, 0.15) is 23.4 Å². The number of aromatic amines is 1. The summed E-state index contributed by atoms with van der Waals surface area (Å²) in [6, 6.07) is -1.48. The Balaban J connectivity index is 1.49. The molecule has 222 valence electrons. The minimum absolute atomic E-state index is 0.112. The number of halogens is 5. The average molecular weight is 603 g/mol. The molecule has 4 fully saturated rings. The molecule has 41 heavy (non-hydrogen) atoms. The quantitative estimate of drug-likeness (QED) is 0.420. The van der Waals surface area contributed by atoms with Crippen molar-refractivity contribution in [2.24, 2.45) is 11.8 Å². The number of sulfone groups is 1. The summed E-state index contributed by atoms with van der Waals surface area (Å²) < 4.78 is 96.6. The second-order valence-corrected chi connectivity index (χ2v) is 12.8. The van der Waals surface area contributed by atoms with Gasteiger partial charge in [0.15, 0.2) is 0 Å². The number of hydrogen-bond donors (Lipinski definition) is 3. The molecule has 0 radical (unpaired) electrons. The summed E-state index contributed by atoms with van der Waals surface area (Å²) in [7, 11) is -4.32. The maximum atomic E-state index is 15.1. The summed E-state index contributed by atoms with van der Waals surface area (Å²) >= 11 is 0. The molecular weight excluding hydrogens is 575 g/mol. The molecule has 2 bridgehead atoms. The van der Waals surface area contributed by atoms with Gasteiger partial charge in [-0.2, -0.15) is 4.39 Å². The van der Waals surface area contributed by atoms with Crippen molar-refractivity contribution in [2.45, 2.75) is 56.2 Å². The van der Waals surface area contributed by atoms with Crippen LogP contribution in [0.15, 0.2) is 29.4 Å². The number of alkyl halides is 2. The van der Waals surface area contributed by atoms with Gasteiger partial charge in [-0.3, -0.25) is 14.4 Å². The molecule has 1 saturated carbocycles. The number of rotatable bonds is 7. The predicted molar refractivity (Wildman–Crippen MR) is 136 cm³/mol. The van der Waals surface area contributed by atoms with Crippen molar-refractivity contribution in [2.75, 3.05) is 12.8 Å².